The van der Waals surface area contributed by atoms with Crippen LogP contribution in [0.25, 0.3) is 0 Å². The van der Waals surface area contributed by atoms with Gasteiger partial charge in [-0.05, 0) is 78.6 Å². The average Bonchev–Trinajstić information content (AvgIpc) is 2.92. The Morgan fingerprint density at radius 2 is 1.07 bits per heavy atom. The number of nitro benzene ring substituents is 1. The monoisotopic (exact) mass is 646 g/mol. The van der Waals surface area contributed by atoms with Crippen LogP contribution >= 0.6 is 0 Å². The number of carbonyl (C=O) groups excluding carboxylic acids is 4. The summed E-state index contributed by atoms with van der Waals surface area (Å²) in [7, 11) is 0. The number of nitrogens with two attached hydrogens (primary N) is 1. The summed E-state index contributed by atoms with van der Waals surface area (Å²) >= 11 is 0. The average molecular weight is 647 g/mol. The van der Waals surface area contributed by atoms with Crippen LogP contribution < -0.4 is 16.4 Å². The molecule has 0 radical (unpaired) electrons. The van der Waals surface area contributed by atoms with Crippen molar-refractivity contribution in [2.45, 2.75) is 91.5 Å². The van der Waals surface area contributed by atoms with Gasteiger partial charge in [-0.2, -0.15) is 0 Å². The SMILES string of the molecule is CCOC(=O)[C@@H](Cc1ccc(N)cc1)NC(=O)OC(C)(C)C.CCOC(=O)[C@@H](Cc1ccc([N+](=O)[O-])cc1)NC(=O)OC(C)(C)C. The largest absolute Gasteiger partial charge is 0.464 e. The van der Waals surface area contributed by atoms with Gasteiger partial charge in [0.2, 0.25) is 0 Å². The van der Waals surface area contributed by atoms with E-state index in [9.17, 15) is 29.3 Å². The predicted octanol–water partition coefficient (Wildman–Crippen LogP) is 4.86. The summed E-state index contributed by atoms with van der Waals surface area (Å²) in [4.78, 5) is 57.9. The smallest absolute Gasteiger partial charge is 0.408 e. The van der Waals surface area contributed by atoms with Crippen LogP contribution in [0.3, 0.4) is 0 Å². The van der Waals surface area contributed by atoms with E-state index in [0.717, 1.165) is 5.56 Å². The predicted molar refractivity (Wildman–Crippen MR) is 171 cm³/mol. The molecule has 0 aromatic heterocycles. The Morgan fingerprint density at radius 1 is 0.717 bits per heavy atom. The summed E-state index contributed by atoms with van der Waals surface area (Å²) in [5.41, 5.74) is 6.40. The van der Waals surface area contributed by atoms with Crippen LogP contribution in [0.4, 0.5) is 21.0 Å². The highest BCUT2D eigenvalue weighted by Gasteiger charge is 2.27. The Labute approximate surface area is 269 Å². The lowest BCUT2D eigenvalue weighted by molar-refractivity contribution is -0.384. The van der Waals surface area contributed by atoms with Crippen molar-refractivity contribution in [3.05, 3.63) is 69.8 Å². The molecule has 254 valence electrons. The molecular formula is C32H46N4O10. The highest BCUT2D eigenvalue weighted by Crippen LogP contribution is 2.15. The van der Waals surface area contributed by atoms with E-state index in [0.29, 0.717) is 17.7 Å². The van der Waals surface area contributed by atoms with E-state index in [2.05, 4.69) is 10.6 Å². The zero-order valence-electron chi connectivity index (χ0n) is 27.7. The van der Waals surface area contributed by atoms with E-state index in [1.165, 1.54) is 24.3 Å². The summed E-state index contributed by atoms with van der Waals surface area (Å²) in [6.07, 6.45) is -0.947. The summed E-state index contributed by atoms with van der Waals surface area (Å²) in [6.45, 7) is 14.2. The van der Waals surface area contributed by atoms with Crippen molar-refractivity contribution < 1.29 is 43.0 Å². The molecule has 0 aliphatic rings. The lowest BCUT2D eigenvalue weighted by Gasteiger charge is -2.23. The van der Waals surface area contributed by atoms with Crippen LogP contribution in [0, 0.1) is 10.1 Å². The third-order valence-electron chi connectivity index (χ3n) is 5.53. The first-order valence-corrected chi connectivity index (χ1v) is 14.7. The summed E-state index contributed by atoms with van der Waals surface area (Å²) in [5.74, 6) is -1.09. The van der Waals surface area contributed by atoms with Gasteiger partial charge >= 0.3 is 24.1 Å². The highest BCUT2D eigenvalue weighted by molar-refractivity contribution is 5.82. The molecule has 0 unspecified atom stereocenters. The minimum absolute atomic E-state index is 0.0495. The number of alkyl carbamates (subject to hydrolysis) is 2. The molecule has 2 amide bonds. The molecule has 0 heterocycles. The van der Waals surface area contributed by atoms with Crippen molar-refractivity contribution in [2.75, 3.05) is 18.9 Å². The Balaban J connectivity index is 0.000000462. The van der Waals surface area contributed by atoms with E-state index in [-0.39, 0.29) is 25.3 Å². The van der Waals surface area contributed by atoms with Crippen molar-refractivity contribution in [3.8, 4) is 0 Å². The molecule has 46 heavy (non-hydrogen) atoms. The number of amides is 2. The number of nitrogens with one attached hydrogen (secondary N) is 2. The number of hydrogen-bond donors (Lipinski definition) is 3. The number of non-ortho nitro benzene ring substituents is 1. The fourth-order valence-electron chi connectivity index (χ4n) is 3.65. The number of esters is 2. The molecule has 2 aromatic rings. The molecule has 0 fully saturated rings. The van der Waals surface area contributed by atoms with Gasteiger partial charge in [-0.15, -0.1) is 0 Å². The number of anilines is 1. The molecule has 0 aliphatic carbocycles. The number of benzene rings is 2. The summed E-state index contributed by atoms with van der Waals surface area (Å²) in [5, 5.41) is 15.7. The van der Waals surface area contributed by atoms with E-state index in [1.54, 1.807) is 79.7 Å². The maximum absolute atomic E-state index is 12.0. The van der Waals surface area contributed by atoms with Gasteiger partial charge in [0.25, 0.3) is 5.69 Å². The molecular weight excluding hydrogens is 600 g/mol. The van der Waals surface area contributed by atoms with Crippen molar-refractivity contribution in [3.63, 3.8) is 0 Å². The molecule has 14 heteroatoms. The van der Waals surface area contributed by atoms with E-state index in [4.69, 9.17) is 24.7 Å². The minimum Gasteiger partial charge on any atom is -0.464 e. The first-order chi connectivity index (χ1) is 21.3. The van der Waals surface area contributed by atoms with Crippen molar-refractivity contribution in [1.82, 2.24) is 10.6 Å². The molecule has 2 atom stereocenters. The highest BCUT2D eigenvalue weighted by atomic mass is 16.6. The second kappa shape index (κ2) is 18.2. The fourth-order valence-corrected chi connectivity index (χ4v) is 3.65. The molecule has 0 saturated carbocycles. The van der Waals surface area contributed by atoms with E-state index in [1.807, 2.05) is 0 Å². The normalized spacial score (nSPS) is 12.3. The van der Waals surface area contributed by atoms with Crippen molar-refractivity contribution in [1.29, 1.82) is 0 Å². The maximum atomic E-state index is 12.0. The number of ether oxygens (including phenoxy) is 4. The zero-order valence-corrected chi connectivity index (χ0v) is 27.7. The molecule has 0 spiro atoms. The van der Waals surface area contributed by atoms with Gasteiger partial charge in [0, 0.05) is 30.7 Å². The number of nitro groups is 1. The summed E-state index contributed by atoms with van der Waals surface area (Å²) < 4.78 is 20.3. The molecule has 0 aliphatic heterocycles. The van der Waals surface area contributed by atoms with Crippen LogP contribution in [0.2, 0.25) is 0 Å². The second-order valence-corrected chi connectivity index (χ2v) is 12.0. The lowest BCUT2D eigenvalue weighted by atomic mass is 10.1. The second-order valence-electron chi connectivity index (χ2n) is 12.0. The molecule has 2 rings (SSSR count). The van der Waals surface area contributed by atoms with Gasteiger partial charge in [0.1, 0.15) is 23.3 Å². The maximum Gasteiger partial charge on any atom is 0.408 e. The summed E-state index contributed by atoms with van der Waals surface area (Å²) in [6, 6.07) is 11.1. The van der Waals surface area contributed by atoms with Crippen molar-refractivity contribution >= 4 is 35.5 Å². The Bertz CT molecular complexity index is 1300. The van der Waals surface area contributed by atoms with Gasteiger partial charge in [-0.25, -0.2) is 19.2 Å². The molecule has 14 nitrogen and oxygen atoms in total. The molecule has 0 bridgehead atoms. The van der Waals surface area contributed by atoms with Gasteiger partial charge in [-0.1, -0.05) is 24.3 Å². The van der Waals surface area contributed by atoms with E-state index >= 15 is 0 Å². The first kappa shape index (κ1) is 39.1. The van der Waals surface area contributed by atoms with Crippen LogP contribution in [0.15, 0.2) is 48.5 Å². The quantitative estimate of drug-likeness (QED) is 0.0990. The first-order valence-electron chi connectivity index (χ1n) is 14.7. The molecule has 2 aromatic carbocycles. The number of nitrogens with zero attached hydrogens (tertiary/aromatic N) is 1. The number of rotatable bonds is 11. The number of hydrogen-bond acceptors (Lipinski definition) is 11. The third-order valence-corrected chi connectivity index (χ3v) is 5.53. The fraction of sp³-hybridized carbons (Fsp3) is 0.500. The van der Waals surface area contributed by atoms with Gasteiger partial charge in [0.15, 0.2) is 0 Å². The van der Waals surface area contributed by atoms with Crippen LogP contribution in [0.1, 0.15) is 66.5 Å². The van der Waals surface area contributed by atoms with Crippen LogP contribution in [0.5, 0.6) is 0 Å². The van der Waals surface area contributed by atoms with Gasteiger partial charge in [-0.3, -0.25) is 10.1 Å². The number of carbonyl (C=O) groups is 4. The van der Waals surface area contributed by atoms with Crippen molar-refractivity contribution in [2.24, 2.45) is 0 Å². The third kappa shape index (κ3) is 16.3. The Morgan fingerprint density at radius 3 is 1.37 bits per heavy atom. The van der Waals surface area contributed by atoms with Gasteiger partial charge < -0.3 is 35.3 Å². The van der Waals surface area contributed by atoms with Gasteiger partial charge in [0.05, 0.1) is 18.1 Å². The Kier molecular flexibility index (Phi) is 15.5. The lowest BCUT2D eigenvalue weighted by Crippen LogP contribution is -2.45. The van der Waals surface area contributed by atoms with Crippen LogP contribution in [-0.2, 0) is 41.4 Å². The minimum atomic E-state index is -0.943. The molecule has 4 N–H and O–H groups in total. The standard InChI is InChI=1S/C16H22N2O6.C16H24N2O4/c1-5-23-14(19)13(17-15(20)24-16(2,3)4)10-11-6-8-12(9-7-11)18(21)22;1-5-21-14(19)13(18-15(20)22-16(2,3)4)10-11-6-8-12(17)9-7-11/h6-9,13H,5,10H2,1-4H3,(H,17,20);6-9,13H,5,10,17H2,1-4H3,(H,18,20)/t2*13-/m11/s1. The van der Waals surface area contributed by atoms with E-state index < -0.39 is 52.3 Å². The zero-order chi connectivity index (χ0) is 35.1. The Hall–Kier alpha value is -4.88. The molecule has 0 saturated heterocycles. The topological polar surface area (TPSA) is 198 Å². The number of nitrogen functional groups attached to an aromatic ring is 1. The van der Waals surface area contributed by atoms with Crippen LogP contribution in [-0.4, -0.2) is 65.5 Å².